The van der Waals surface area contributed by atoms with Gasteiger partial charge in [0.25, 0.3) is 5.91 Å². The Morgan fingerprint density at radius 3 is 2.84 bits per heavy atom. The summed E-state index contributed by atoms with van der Waals surface area (Å²) in [6.07, 6.45) is 3.70. The summed E-state index contributed by atoms with van der Waals surface area (Å²) in [7, 11) is 0. The second kappa shape index (κ2) is 8.09. The fourth-order valence-electron chi connectivity index (χ4n) is 5.49. The zero-order valence-electron chi connectivity index (χ0n) is 17.8. The Morgan fingerprint density at radius 1 is 1.23 bits per heavy atom. The highest BCUT2D eigenvalue weighted by atomic mass is 16.5. The van der Waals surface area contributed by atoms with Crippen LogP contribution in [0.4, 0.5) is 0 Å². The summed E-state index contributed by atoms with van der Waals surface area (Å²) in [6, 6.07) is 15.0. The first-order valence-corrected chi connectivity index (χ1v) is 11.3. The molecule has 3 aliphatic rings. The van der Waals surface area contributed by atoms with Gasteiger partial charge in [-0.2, -0.15) is 0 Å². The van der Waals surface area contributed by atoms with E-state index in [-0.39, 0.29) is 23.9 Å². The lowest BCUT2D eigenvalue weighted by Crippen LogP contribution is -2.57. The van der Waals surface area contributed by atoms with Crippen LogP contribution in [0.1, 0.15) is 65.3 Å². The fraction of sp³-hybridized carbons (Fsp3) is 0.440. The lowest BCUT2D eigenvalue weighted by molar-refractivity contribution is -0.145. The van der Waals surface area contributed by atoms with Crippen molar-refractivity contribution in [3.63, 3.8) is 0 Å². The molecule has 2 aromatic rings. The molecule has 0 radical (unpaired) electrons. The molecule has 31 heavy (non-hydrogen) atoms. The number of carbonyl (C=O) groups excluding carboxylic acids is 2. The van der Waals surface area contributed by atoms with E-state index in [2.05, 4.69) is 5.32 Å². The Balaban J connectivity index is 1.38. The number of amides is 2. The molecule has 2 saturated heterocycles. The maximum Gasteiger partial charge on any atom is 0.277 e. The topological polar surface area (TPSA) is 72.9 Å². The number of hydrogen-bond acceptors (Lipinski definition) is 4. The van der Waals surface area contributed by atoms with Crippen molar-refractivity contribution >= 4 is 11.8 Å². The van der Waals surface area contributed by atoms with Gasteiger partial charge < -0.3 is 10.2 Å². The monoisotopic (exact) mass is 419 g/mol. The molecule has 2 fully saturated rings. The molecule has 0 spiro atoms. The van der Waals surface area contributed by atoms with Crippen molar-refractivity contribution in [3.8, 4) is 0 Å². The first kappa shape index (κ1) is 20.2. The molecule has 3 aliphatic heterocycles. The molecule has 2 aromatic carbocycles. The SMILES string of the molecule is C[C@H](c1ccccc1)N(O)C(=O)c1ccc2c(c1)CCN1C(=O)[C@H]3CCCN[C@H]3C[C@@H]21. The van der Waals surface area contributed by atoms with Crippen LogP contribution in [0.25, 0.3) is 0 Å². The van der Waals surface area contributed by atoms with E-state index in [1.165, 1.54) is 0 Å². The fourth-order valence-corrected chi connectivity index (χ4v) is 5.49. The zero-order valence-corrected chi connectivity index (χ0v) is 17.8. The summed E-state index contributed by atoms with van der Waals surface area (Å²) in [5.74, 6) is -0.0254. The molecule has 6 nitrogen and oxygen atoms in total. The molecule has 6 heteroatoms. The number of nitrogens with zero attached hydrogens (tertiary/aromatic N) is 2. The molecule has 4 atom stereocenters. The van der Waals surface area contributed by atoms with Gasteiger partial charge in [-0.15, -0.1) is 0 Å². The minimum Gasteiger partial charge on any atom is -0.335 e. The smallest absolute Gasteiger partial charge is 0.277 e. The van der Waals surface area contributed by atoms with Crippen molar-refractivity contribution in [2.24, 2.45) is 5.92 Å². The molecule has 0 saturated carbocycles. The molecule has 2 N–H and O–H groups in total. The Labute approximate surface area is 182 Å². The van der Waals surface area contributed by atoms with E-state index in [1.54, 1.807) is 6.07 Å². The number of nitrogens with one attached hydrogen (secondary N) is 1. The molecular weight excluding hydrogens is 390 g/mol. The standard InChI is InChI=1S/C25H29N3O3/c1-16(17-6-3-2-4-7-17)28(31)24(29)19-9-10-20-18(14-19)11-13-27-23(20)15-22-21(25(27)30)8-5-12-26-22/h2-4,6-7,9-10,14,16,21-23,26,31H,5,8,11-13,15H2,1H3/t16-,21+,22+,23+/m1/s1. The number of carbonyl (C=O) groups is 2. The minimum absolute atomic E-state index is 0.0701. The quantitative estimate of drug-likeness (QED) is 0.590. The summed E-state index contributed by atoms with van der Waals surface area (Å²) in [6.45, 7) is 3.48. The molecule has 0 aromatic heterocycles. The Morgan fingerprint density at radius 2 is 2.03 bits per heavy atom. The largest absolute Gasteiger partial charge is 0.335 e. The van der Waals surface area contributed by atoms with Crippen LogP contribution in [-0.2, 0) is 11.2 Å². The summed E-state index contributed by atoms with van der Waals surface area (Å²) in [5.41, 5.74) is 3.60. The van der Waals surface area contributed by atoms with Gasteiger partial charge >= 0.3 is 0 Å². The van der Waals surface area contributed by atoms with E-state index in [4.69, 9.17) is 0 Å². The van der Waals surface area contributed by atoms with E-state index in [1.807, 2.05) is 54.3 Å². The highest BCUT2D eigenvalue weighted by molar-refractivity contribution is 5.94. The number of fused-ring (bicyclic) bond motifs is 4. The predicted octanol–water partition coefficient (Wildman–Crippen LogP) is 3.48. The molecular formula is C25H29N3O3. The first-order chi connectivity index (χ1) is 15.0. The predicted molar refractivity (Wildman–Crippen MR) is 117 cm³/mol. The molecule has 0 bridgehead atoms. The maximum atomic E-state index is 13.1. The number of piperidine rings is 2. The van der Waals surface area contributed by atoms with Crippen LogP contribution >= 0.6 is 0 Å². The highest BCUT2D eigenvalue weighted by Crippen LogP contribution is 2.41. The number of hydroxylamine groups is 2. The second-order valence-corrected chi connectivity index (χ2v) is 8.99. The van der Waals surface area contributed by atoms with Crippen LogP contribution in [0.5, 0.6) is 0 Å². The van der Waals surface area contributed by atoms with Crippen molar-refractivity contribution in [2.45, 2.75) is 50.7 Å². The van der Waals surface area contributed by atoms with E-state index in [0.717, 1.165) is 54.0 Å². The van der Waals surface area contributed by atoms with Crippen LogP contribution in [0, 0.1) is 5.92 Å². The molecule has 0 aliphatic carbocycles. The van der Waals surface area contributed by atoms with Crippen LogP contribution in [0.15, 0.2) is 48.5 Å². The van der Waals surface area contributed by atoms with Gasteiger partial charge in [0, 0.05) is 18.2 Å². The van der Waals surface area contributed by atoms with Gasteiger partial charge in [-0.1, -0.05) is 36.4 Å². The lowest BCUT2D eigenvalue weighted by atomic mass is 9.77. The van der Waals surface area contributed by atoms with Gasteiger partial charge in [0.1, 0.15) is 0 Å². The Bertz CT molecular complexity index is 993. The number of benzene rings is 2. The molecule has 2 amide bonds. The molecule has 3 heterocycles. The van der Waals surface area contributed by atoms with E-state index < -0.39 is 11.9 Å². The molecule has 5 rings (SSSR count). The van der Waals surface area contributed by atoms with Crippen molar-refractivity contribution < 1.29 is 14.8 Å². The minimum atomic E-state index is -0.439. The third-order valence-electron chi connectivity index (χ3n) is 7.27. The van der Waals surface area contributed by atoms with E-state index in [9.17, 15) is 14.8 Å². The van der Waals surface area contributed by atoms with Crippen molar-refractivity contribution in [1.82, 2.24) is 15.3 Å². The Kier molecular flexibility index (Phi) is 5.28. The van der Waals surface area contributed by atoms with Crippen molar-refractivity contribution in [1.29, 1.82) is 0 Å². The van der Waals surface area contributed by atoms with Gasteiger partial charge in [-0.05, 0) is 68.0 Å². The van der Waals surface area contributed by atoms with Gasteiger partial charge in [-0.25, -0.2) is 5.06 Å². The van der Waals surface area contributed by atoms with Crippen LogP contribution in [0.3, 0.4) is 0 Å². The average molecular weight is 420 g/mol. The second-order valence-electron chi connectivity index (χ2n) is 8.99. The first-order valence-electron chi connectivity index (χ1n) is 11.3. The number of rotatable bonds is 3. The van der Waals surface area contributed by atoms with E-state index in [0.29, 0.717) is 12.1 Å². The zero-order chi connectivity index (χ0) is 21.5. The molecule has 162 valence electrons. The Hall–Kier alpha value is -2.70. The summed E-state index contributed by atoms with van der Waals surface area (Å²) >= 11 is 0. The summed E-state index contributed by atoms with van der Waals surface area (Å²) in [4.78, 5) is 28.1. The van der Waals surface area contributed by atoms with Gasteiger partial charge in [0.2, 0.25) is 5.91 Å². The number of hydrogen-bond donors (Lipinski definition) is 2. The highest BCUT2D eigenvalue weighted by Gasteiger charge is 2.45. The van der Waals surface area contributed by atoms with Crippen molar-refractivity contribution in [3.05, 3.63) is 70.8 Å². The average Bonchev–Trinajstić information content (AvgIpc) is 2.83. The van der Waals surface area contributed by atoms with E-state index >= 15 is 0 Å². The normalized spacial score (nSPS) is 25.8. The van der Waals surface area contributed by atoms with Gasteiger partial charge in [0.15, 0.2) is 0 Å². The van der Waals surface area contributed by atoms with Crippen LogP contribution in [-0.4, -0.2) is 46.1 Å². The summed E-state index contributed by atoms with van der Waals surface area (Å²) < 4.78 is 0. The van der Waals surface area contributed by atoms with Crippen molar-refractivity contribution in [2.75, 3.05) is 13.1 Å². The van der Waals surface area contributed by atoms with Crippen LogP contribution in [0.2, 0.25) is 0 Å². The third kappa shape index (κ3) is 3.54. The maximum absolute atomic E-state index is 13.1. The summed E-state index contributed by atoms with van der Waals surface area (Å²) in [5, 5.41) is 14.9. The lowest BCUT2D eigenvalue weighted by Gasteiger charge is -2.48. The van der Waals surface area contributed by atoms with Gasteiger partial charge in [-0.3, -0.25) is 14.8 Å². The van der Waals surface area contributed by atoms with Crippen LogP contribution < -0.4 is 5.32 Å². The molecule has 0 unspecified atom stereocenters. The van der Waals surface area contributed by atoms with Gasteiger partial charge in [0.05, 0.1) is 18.0 Å². The third-order valence-corrected chi connectivity index (χ3v) is 7.27.